The van der Waals surface area contributed by atoms with Crippen LogP contribution in [0.5, 0.6) is 0 Å². The van der Waals surface area contributed by atoms with Crippen molar-refractivity contribution in [1.29, 1.82) is 0 Å². The number of thiol groups is 1. The monoisotopic (exact) mass is 213 g/mol. The molecular weight excluding hydrogens is 198 g/mol. The number of amides is 1. The molecule has 1 unspecified atom stereocenters. The van der Waals surface area contributed by atoms with E-state index in [4.69, 9.17) is 0 Å². The van der Waals surface area contributed by atoms with E-state index >= 15 is 0 Å². The fourth-order valence-corrected chi connectivity index (χ4v) is 1.12. The molecule has 0 fully saturated rings. The van der Waals surface area contributed by atoms with E-state index in [1.165, 1.54) is 0 Å². The van der Waals surface area contributed by atoms with Gasteiger partial charge in [-0.05, 0) is 19.4 Å². The van der Waals surface area contributed by atoms with Gasteiger partial charge in [0.15, 0.2) is 0 Å². The van der Waals surface area contributed by atoms with Gasteiger partial charge in [-0.25, -0.2) is 0 Å². The lowest BCUT2D eigenvalue weighted by Crippen LogP contribution is -2.30. The number of aromatic nitrogens is 2. The summed E-state index contributed by atoms with van der Waals surface area (Å²) >= 11 is 4.03. The zero-order valence-electron chi connectivity index (χ0n) is 8.18. The van der Waals surface area contributed by atoms with Crippen molar-refractivity contribution < 1.29 is 4.79 Å². The number of nitrogens with zero attached hydrogens (tertiary/aromatic N) is 2. The number of nitrogens with one attached hydrogen (secondary N) is 1. The third-order valence-electron chi connectivity index (χ3n) is 1.80. The molecule has 0 saturated carbocycles. The molecule has 0 bridgehead atoms. The van der Waals surface area contributed by atoms with E-state index < -0.39 is 0 Å². The van der Waals surface area contributed by atoms with Crippen LogP contribution in [0.2, 0.25) is 0 Å². The van der Waals surface area contributed by atoms with Crippen LogP contribution in [-0.2, 0) is 11.3 Å². The Labute approximate surface area is 89.1 Å². The summed E-state index contributed by atoms with van der Waals surface area (Å²) in [6.07, 6.45) is 4.53. The summed E-state index contributed by atoms with van der Waals surface area (Å²) in [6.45, 7) is 3.25. The Bertz CT molecular complexity index is 272. The summed E-state index contributed by atoms with van der Waals surface area (Å²) in [5, 5.41) is 6.61. The first-order valence-corrected chi connectivity index (χ1v) is 5.15. The highest BCUT2D eigenvalue weighted by Gasteiger charge is 2.05. The van der Waals surface area contributed by atoms with Crippen LogP contribution in [0.25, 0.3) is 0 Å². The zero-order chi connectivity index (χ0) is 10.4. The smallest absolute Gasteiger partial charge is 0.232 e. The van der Waals surface area contributed by atoms with Crippen molar-refractivity contribution in [2.45, 2.75) is 25.1 Å². The van der Waals surface area contributed by atoms with E-state index in [9.17, 15) is 4.79 Å². The molecule has 0 spiro atoms. The molecule has 78 valence electrons. The lowest BCUT2D eigenvalue weighted by Gasteiger charge is -2.06. The first-order chi connectivity index (χ1) is 6.70. The van der Waals surface area contributed by atoms with E-state index in [1.54, 1.807) is 13.1 Å². The highest BCUT2D eigenvalue weighted by molar-refractivity contribution is 7.81. The quantitative estimate of drug-likeness (QED) is 0.559. The Kier molecular flexibility index (Phi) is 4.52. The van der Waals surface area contributed by atoms with Gasteiger partial charge in [-0.2, -0.15) is 17.7 Å². The molecule has 0 saturated heterocycles. The van der Waals surface area contributed by atoms with Crippen molar-refractivity contribution >= 4 is 18.5 Å². The predicted molar refractivity (Wildman–Crippen MR) is 58.3 cm³/mol. The molecule has 5 heteroatoms. The van der Waals surface area contributed by atoms with Crippen LogP contribution >= 0.6 is 12.6 Å². The van der Waals surface area contributed by atoms with Gasteiger partial charge in [0.1, 0.15) is 0 Å². The fraction of sp³-hybridized carbons (Fsp3) is 0.556. The van der Waals surface area contributed by atoms with Gasteiger partial charge in [-0.1, -0.05) is 0 Å². The largest absolute Gasteiger partial charge is 0.355 e. The fourth-order valence-electron chi connectivity index (χ4n) is 1.03. The summed E-state index contributed by atoms with van der Waals surface area (Å²) in [5.41, 5.74) is 0. The second kappa shape index (κ2) is 5.70. The summed E-state index contributed by atoms with van der Waals surface area (Å²) in [4.78, 5) is 11.1. The summed E-state index contributed by atoms with van der Waals surface area (Å²) in [6, 6.07) is 1.88. The molecule has 0 aliphatic heterocycles. The summed E-state index contributed by atoms with van der Waals surface area (Å²) in [5.74, 6) is -0.0196. The number of hydrogen-bond acceptors (Lipinski definition) is 3. The van der Waals surface area contributed by atoms with Crippen molar-refractivity contribution in [1.82, 2.24) is 15.1 Å². The van der Waals surface area contributed by atoms with E-state index in [2.05, 4.69) is 23.0 Å². The second-order valence-corrected chi connectivity index (χ2v) is 3.86. The molecular formula is C9H15N3OS. The number of aryl methyl sites for hydroxylation is 1. The van der Waals surface area contributed by atoms with Gasteiger partial charge in [-0.15, -0.1) is 0 Å². The normalized spacial score (nSPS) is 12.4. The SMILES string of the molecule is CC(S)C(=O)NCCCn1cccn1. The number of carbonyl (C=O) groups excluding carboxylic acids is 1. The van der Waals surface area contributed by atoms with Crippen molar-refractivity contribution in [3.63, 3.8) is 0 Å². The van der Waals surface area contributed by atoms with Gasteiger partial charge in [0.05, 0.1) is 5.25 Å². The average molecular weight is 213 g/mol. The Morgan fingerprint density at radius 2 is 2.50 bits per heavy atom. The van der Waals surface area contributed by atoms with E-state index in [-0.39, 0.29) is 11.2 Å². The summed E-state index contributed by atoms with van der Waals surface area (Å²) < 4.78 is 1.84. The zero-order valence-corrected chi connectivity index (χ0v) is 9.08. The van der Waals surface area contributed by atoms with Crippen LogP contribution in [0.1, 0.15) is 13.3 Å². The maximum Gasteiger partial charge on any atom is 0.232 e. The van der Waals surface area contributed by atoms with E-state index in [0.29, 0.717) is 6.54 Å². The Balaban J connectivity index is 2.08. The first-order valence-electron chi connectivity index (χ1n) is 4.63. The summed E-state index contributed by atoms with van der Waals surface area (Å²) in [7, 11) is 0. The Morgan fingerprint density at radius 1 is 1.71 bits per heavy atom. The van der Waals surface area contributed by atoms with E-state index in [1.807, 2.05) is 16.9 Å². The molecule has 4 nitrogen and oxygen atoms in total. The van der Waals surface area contributed by atoms with Crippen molar-refractivity contribution in [3.8, 4) is 0 Å². The molecule has 0 aromatic carbocycles. The molecule has 0 aliphatic carbocycles. The second-order valence-electron chi connectivity index (χ2n) is 3.09. The standard InChI is InChI=1S/C9H15N3OS/c1-8(14)9(13)10-4-2-6-12-7-3-5-11-12/h3,5,7-8,14H,2,4,6H2,1H3,(H,10,13). The highest BCUT2D eigenvalue weighted by atomic mass is 32.1. The lowest BCUT2D eigenvalue weighted by molar-refractivity contribution is -0.120. The van der Waals surface area contributed by atoms with Crippen molar-refractivity contribution in [3.05, 3.63) is 18.5 Å². The molecule has 0 aliphatic rings. The third-order valence-corrected chi connectivity index (χ3v) is 2.04. The molecule has 1 atom stereocenters. The average Bonchev–Trinajstić information content (AvgIpc) is 2.64. The van der Waals surface area contributed by atoms with Crippen LogP contribution in [0.3, 0.4) is 0 Å². The van der Waals surface area contributed by atoms with Gasteiger partial charge < -0.3 is 5.32 Å². The van der Waals surface area contributed by atoms with Crippen molar-refractivity contribution in [2.24, 2.45) is 0 Å². The molecule has 14 heavy (non-hydrogen) atoms. The van der Waals surface area contributed by atoms with Crippen LogP contribution in [0.4, 0.5) is 0 Å². The molecule has 1 amide bonds. The topological polar surface area (TPSA) is 46.9 Å². The molecule has 1 aromatic heterocycles. The molecule has 1 aromatic rings. The van der Waals surface area contributed by atoms with Gasteiger partial charge >= 0.3 is 0 Å². The number of hydrogen-bond donors (Lipinski definition) is 2. The molecule has 1 heterocycles. The van der Waals surface area contributed by atoms with Gasteiger partial charge in [0.2, 0.25) is 5.91 Å². The Hall–Kier alpha value is -0.970. The highest BCUT2D eigenvalue weighted by Crippen LogP contribution is 1.92. The minimum absolute atomic E-state index is 0.0196. The minimum atomic E-state index is -0.236. The first kappa shape index (κ1) is 11.1. The van der Waals surface area contributed by atoms with Crippen LogP contribution in [0.15, 0.2) is 18.5 Å². The minimum Gasteiger partial charge on any atom is -0.355 e. The van der Waals surface area contributed by atoms with Crippen LogP contribution in [0, 0.1) is 0 Å². The van der Waals surface area contributed by atoms with E-state index in [0.717, 1.165) is 13.0 Å². The molecule has 1 rings (SSSR count). The molecule has 0 radical (unpaired) electrons. The van der Waals surface area contributed by atoms with Gasteiger partial charge in [-0.3, -0.25) is 9.48 Å². The van der Waals surface area contributed by atoms with Crippen LogP contribution < -0.4 is 5.32 Å². The van der Waals surface area contributed by atoms with Gasteiger partial charge in [0.25, 0.3) is 0 Å². The lowest BCUT2D eigenvalue weighted by atomic mass is 10.4. The maximum atomic E-state index is 11.1. The Morgan fingerprint density at radius 3 is 3.07 bits per heavy atom. The third kappa shape index (κ3) is 3.83. The van der Waals surface area contributed by atoms with Crippen LogP contribution in [-0.4, -0.2) is 27.5 Å². The number of carbonyl (C=O) groups is 1. The van der Waals surface area contributed by atoms with Gasteiger partial charge in [0, 0.05) is 25.5 Å². The molecule has 1 N–H and O–H groups in total. The van der Waals surface area contributed by atoms with Crippen molar-refractivity contribution in [2.75, 3.05) is 6.54 Å². The predicted octanol–water partition coefficient (Wildman–Crippen LogP) is 0.708. The number of rotatable bonds is 5. The maximum absolute atomic E-state index is 11.1.